The Hall–Kier alpha value is -1.31. The van der Waals surface area contributed by atoms with Gasteiger partial charge in [-0.2, -0.15) is 0 Å². The van der Waals surface area contributed by atoms with Gasteiger partial charge in [0, 0.05) is 24.5 Å². The third-order valence-electron chi connectivity index (χ3n) is 3.04. The fraction of sp³-hybridized carbons (Fsp3) is 0.500. The molecule has 108 valence electrons. The van der Waals surface area contributed by atoms with E-state index in [0.717, 1.165) is 13.1 Å². The molecular weight excluding hydrogens is 264 g/mol. The molecule has 0 saturated heterocycles. The summed E-state index contributed by atoms with van der Waals surface area (Å²) in [4.78, 5) is 2.22. The lowest BCUT2D eigenvalue weighted by Gasteiger charge is -2.17. The number of hydrogen-bond donors (Lipinski definition) is 3. The number of sulfonamides is 1. The van der Waals surface area contributed by atoms with Crippen LogP contribution in [0.25, 0.3) is 0 Å². The van der Waals surface area contributed by atoms with E-state index < -0.39 is 10.0 Å². The molecule has 0 fully saturated rings. The number of nitrogens with two attached hydrogens (primary N) is 2. The van der Waals surface area contributed by atoms with E-state index in [-0.39, 0.29) is 4.90 Å². The summed E-state index contributed by atoms with van der Waals surface area (Å²) in [5, 5.41) is 8.36. The molecule has 1 rings (SSSR count). The second-order valence-electron chi connectivity index (χ2n) is 4.56. The molecule has 0 radical (unpaired) electrons. The van der Waals surface area contributed by atoms with Gasteiger partial charge < -0.3 is 16.0 Å². The smallest absolute Gasteiger partial charge is 0.238 e. The zero-order chi connectivity index (χ0) is 14.6. The van der Waals surface area contributed by atoms with Crippen LogP contribution in [0, 0.1) is 6.92 Å². The number of nitrogen functional groups attached to an aromatic ring is 1. The van der Waals surface area contributed by atoms with Crippen molar-refractivity contribution in [1.82, 2.24) is 4.90 Å². The van der Waals surface area contributed by atoms with E-state index in [1.807, 2.05) is 7.05 Å². The zero-order valence-electron chi connectivity index (χ0n) is 11.6. The Morgan fingerprint density at radius 3 is 2.53 bits per heavy atom. The Kier molecular flexibility index (Phi) is 5.16. The van der Waals surface area contributed by atoms with E-state index in [4.69, 9.17) is 10.9 Å². The molecule has 0 saturated carbocycles. The average molecular weight is 286 g/mol. The van der Waals surface area contributed by atoms with E-state index in [2.05, 4.69) is 17.1 Å². The fourth-order valence-corrected chi connectivity index (χ4v) is 2.56. The lowest BCUT2D eigenvalue weighted by molar-refractivity contribution is 0.367. The number of nitrogens with zero attached hydrogens (tertiary/aromatic N) is 1. The van der Waals surface area contributed by atoms with Crippen molar-refractivity contribution in [1.29, 1.82) is 0 Å². The highest BCUT2D eigenvalue weighted by Gasteiger charge is 2.15. The molecule has 0 bridgehead atoms. The molecular formula is C12H22N4O2S. The molecule has 1 aromatic carbocycles. The van der Waals surface area contributed by atoms with Crippen LogP contribution in [0.4, 0.5) is 11.4 Å². The average Bonchev–Trinajstić information content (AvgIpc) is 2.31. The van der Waals surface area contributed by atoms with Gasteiger partial charge in [-0.25, -0.2) is 13.6 Å². The maximum Gasteiger partial charge on any atom is 0.238 e. The van der Waals surface area contributed by atoms with Crippen LogP contribution in [0.15, 0.2) is 17.0 Å². The molecule has 0 atom stereocenters. The van der Waals surface area contributed by atoms with Crippen LogP contribution in [-0.2, 0) is 10.0 Å². The summed E-state index contributed by atoms with van der Waals surface area (Å²) in [5.41, 5.74) is 7.38. The fourth-order valence-electron chi connectivity index (χ4n) is 1.73. The van der Waals surface area contributed by atoms with Crippen molar-refractivity contribution in [3.63, 3.8) is 0 Å². The first-order valence-corrected chi connectivity index (χ1v) is 7.65. The monoisotopic (exact) mass is 286 g/mol. The Bertz CT molecular complexity index is 543. The molecule has 0 aliphatic heterocycles. The van der Waals surface area contributed by atoms with Crippen LogP contribution < -0.4 is 16.2 Å². The maximum atomic E-state index is 11.5. The third kappa shape index (κ3) is 4.38. The minimum absolute atomic E-state index is 0.0684. The molecule has 6 nitrogen and oxygen atoms in total. The number of benzene rings is 1. The molecule has 5 N–H and O–H groups in total. The minimum atomic E-state index is -3.75. The lowest BCUT2D eigenvalue weighted by Crippen LogP contribution is -2.25. The van der Waals surface area contributed by atoms with E-state index in [1.165, 1.54) is 6.07 Å². The first-order chi connectivity index (χ1) is 8.75. The van der Waals surface area contributed by atoms with Gasteiger partial charge in [-0.1, -0.05) is 6.92 Å². The summed E-state index contributed by atoms with van der Waals surface area (Å²) in [6.45, 7) is 6.31. The van der Waals surface area contributed by atoms with Crippen LogP contribution in [0.5, 0.6) is 0 Å². The van der Waals surface area contributed by atoms with Crippen molar-refractivity contribution in [2.75, 3.05) is 37.7 Å². The van der Waals surface area contributed by atoms with Crippen molar-refractivity contribution in [3.05, 3.63) is 17.7 Å². The van der Waals surface area contributed by atoms with Gasteiger partial charge in [0.25, 0.3) is 0 Å². The van der Waals surface area contributed by atoms with Crippen LogP contribution in [-0.4, -0.2) is 40.0 Å². The van der Waals surface area contributed by atoms with Gasteiger partial charge in [-0.15, -0.1) is 0 Å². The zero-order valence-corrected chi connectivity index (χ0v) is 12.4. The van der Waals surface area contributed by atoms with Gasteiger partial charge in [0.2, 0.25) is 10.0 Å². The molecule has 0 aromatic heterocycles. The highest BCUT2D eigenvalue weighted by Crippen LogP contribution is 2.25. The molecule has 19 heavy (non-hydrogen) atoms. The van der Waals surface area contributed by atoms with Gasteiger partial charge in [-0.3, -0.25) is 0 Å². The van der Waals surface area contributed by atoms with Crippen molar-refractivity contribution in [2.45, 2.75) is 18.7 Å². The SMILES string of the molecule is CCN(C)CCNc1cc(N)cc(S(N)(=O)=O)c1C. The number of anilines is 2. The van der Waals surface area contributed by atoms with E-state index in [0.29, 0.717) is 23.5 Å². The number of nitrogens with one attached hydrogen (secondary N) is 1. The lowest BCUT2D eigenvalue weighted by atomic mass is 10.2. The molecule has 7 heteroatoms. The maximum absolute atomic E-state index is 11.5. The minimum Gasteiger partial charge on any atom is -0.399 e. The predicted molar refractivity (Wildman–Crippen MR) is 78.6 cm³/mol. The van der Waals surface area contributed by atoms with Gasteiger partial charge in [0.05, 0.1) is 4.90 Å². The third-order valence-corrected chi connectivity index (χ3v) is 4.07. The van der Waals surface area contributed by atoms with E-state index in [9.17, 15) is 8.42 Å². The summed E-state index contributed by atoms with van der Waals surface area (Å²) in [6, 6.07) is 3.10. The van der Waals surface area contributed by atoms with Crippen LogP contribution >= 0.6 is 0 Å². The molecule has 0 aliphatic rings. The largest absolute Gasteiger partial charge is 0.399 e. The first kappa shape index (κ1) is 15.7. The molecule has 0 spiro atoms. The van der Waals surface area contributed by atoms with Crippen LogP contribution in [0.3, 0.4) is 0 Å². The summed E-state index contributed by atoms with van der Waals surface area (Å²) in [5.74, 6) is 0. The van der Waals surface area contributed by atoms with E-state index >= 15 is 0 Å². The van der Waals surface area contributed by atoms with Crippen LogP contribution in [0.2, 0.25) is 0 Å². The number of likely N-dealkylation sites (N-methyl/N-ethyl adjacent to an activating group) is 1. The summed E-state index contributed by atoms with van der Waals surface area (Å²) < 4.78 is 22.9. The van der Waals surface area contributed by atoms with Crippen molar-refractivity contribution in [3.8, 4) is 0 Å². The Labute approximate surface area is 114 Å². The highest BCUT2D eigenvalue weighted by molar-refractivity contribution is 7.89. The second-order valence-corrected chi connectivity index (χ2v) is 6.09. The molecule has 0 aliphatic carbocycles. The Morgan fingerprint density at radius 1 is 1.37 bits per heavy atom. The van der Waals surface area contributed by atoms with Gasteiger partial charge >= 0.3 is 0 Å². The molecule has 0 amide bonds. The number of primary sulfonamides is 1. The first-order valence-electron chi connectivity index (χ1n) is 6.11. The summed E-state index contributed by atoms with van der Waals surface area (Å²) >= 11 is 0. The van der Waals surface area contributed by atoms with Gasteiger partial charge in [0.1, 0.15) is 0 Å². The Morgan fingerprint density at radius 2 is 2.00 bits per heavy atom. The van der Waals surface area contributed by atoms with E-state index in [1.54, 1.807) is 13.0 Å². The quantitative estimate of drug-likeness (QED) is 0.664. The normalized spacial score (nSPS) is 11.8. The van der Waals surface area contributed by atoms with Crippen molar-refractivity contribution >= 4 is 21.4 Å². The number of rotatable bonds is 6. The predicted octanol–water partition coefficient (Wildman–Crippen LogP) is 0.588. The molecule has 0 heterocycles. The van der Waals surface area contributed by atoms with Gasteiger partial charge in [0.15, 0.2) is 0 Å². The highest BCUT2D eigenvalue weighted by atomic mass is 32.2. The molecule has 1 aromatic rings. The summed E-state index contributed by atoms with van der Waals surface area (Å²) in [6.07, 6.45) is 0. The van der Waals surface area contributed by atoms with Gasteiger partial charge in [-0.05, 0) is 38.2 Å². The number of hydrogen-bond acceptors (Lipinski definition) is 5. The second kappa shape index (κ2) is 6.23. The van der Waals surface area contributed by atoms with Crippen LogP contribution in [0.1, 0.15) is 12.5 Å². The topological polar surface area (TPSA) is 101 Å². The Balaban J connectivity index is 2.93. The van der Waals surface area contributed by atoms with Crippen molar-refractivity contribution in [2.24, 2.45) is 5.14 Å². The summed E-state index contributed by atoms with van der Waals surface area (Å²) in [7, 11) is -1.74. The van der Waals surface area contributed by atoms with Crippen molar-refractivity contribution < 1.29 is 8.42 Å². The molecule has 0 unspecified atom stereocenters. The standard InChI is InChI=1S/C12H22N4O2S/c1-4-16(3)6-5-15-11-7-10(13)8-12(9(11)2)19(14,17)18/h7-8,15H,4-6,13H2,1-3H3,(H2,14,17,18).